The van der Waals surface area contributed by atoms with E-state index in [1.54, 1.807) is 49.4 Å². The summed E-state index contributed by atoms with van der Waals surface area (Å²) in [6.45, 7) is 7.61. The molecule has 2 aromatic rings. The highest BCUT2D eigenvalue weighted by Gasteiger charge is 2.16. The van der Waals surface area contributed by atoms with Gasteiger partial charge in [0.15, 0.2) is 0 Å². The molecule has 5 nitrogen and oxygen atoms in total. The van der Waals surface area contributed by atoms with E-state index >= 15 is 0 Å². The average molecular weight is 360 g/mol. The number of aryl methyl sites for hydroxylation is 2. The lowest BCUT2D eigenvalue weighted by Gasteiger charge is -2.14. The van der Waals surface area contributed by atoms with Gasteiger partial charge in [0.1, 0.15) is 0 Å². The number of anilines is 1. The highest BCUT2D eigenvalue weighted by Crippen LogP contribution is 2.21. The lowest BCUT2D eigenvalue weighted by molar-refractivity contribution is 0.0939. The SMILES string of the molecule is CC[C@H](C)NC(=O)c1ccc(NS(=O)(=O)c2ccc(C)cc2)c(C)c1. The van der Waals surface area contributed by atoms with Gasteiger partial charge in [-0.2, -0.15) is 0 Å². The van der Waals surface area contributed by atoms with Crippen LogP contribution in [-0.2, 0) is 10.0 Å². The van der Waals surface area contributed by atoms with Crippen LogP contribution in [0.5, 0.6) is 0 Å². The van der Waals surface area contributed by atoms with Gasteiger partial charge in [0.05, 0.1) is 10.6 Å². The third-order valence-electron chi connectivity index (χ3n) is 4.05. The van der Waals surface area contributed by atoms with E-state index in [0.717, 1.165) is 12.0 Å². The van der Waals surface area contributed by atoms with Gasteiger partial charge in [-0.25, -0.2) is 8.42 Å². The van der Waals surface area contributed by atoms with Gasteiger partial charge in [0.25, 0.3) is 15.9 Å². The number of rotatable bonds is 6. The number of amides is 1. The van der Waals surface area contributed by atoms with Crippen LogP contribution >= 0.6 is 0 Å². The number of carbonyl (C=O) groups excluding carboxylic acids is 1. The number of hydrogen-bond acceptors (Lipinski definition) is 3. The fourth-order valence-corrected chi connectivity index (χ4v) is 3.38. The number of carbonyl (C=O) groups is 1. The molecular weight excluding hydrogens is 336 g/mol. The maximum Gasteiger partial charge on any atom is 0.261 e. The standard InChI is InChI=1S/C19H24N2O3S/c1-5-15(4)20-19(22)16-8-11-18(14(3)12-16)21-25(23,24)17-9-6-13(2)7-10-17/h6-12,15,21H,5H2,1-4H3,(H,20,22)/t15-/m0/s1. The Morgan fingerprint density at radius 3 is 2.28 bits per heavy atom. The fraction of sp³-hybridized carbons (Fsp3) is 0.316. The largest absolute Gasteiger partial charge is 0.350 e. The molecule has 0 fully saturated rings. The molecule has 0 spiro atoms. The van der Waals surface area contributed by atoms with E-state index in [9.17, 15) is 13.2 Å². The molecule has 0 radical (unpaired) electrons. The highest BCUT2D eigenvalue weighted by atomic mass is 32.2. The Balaban J connectivity index is 2.21. The van der Waals surface area contributed by atoms with Crippen molar-refractivity contribution in [2.24, 2.45) is 0 Å². The summed E-state index contributed by atoms with van der Waals surface area (Å²) in [5.41, 5.74) is 2.65. The van der Waals surface area contributed by atoms with Gasteiger partial charge in [-0.3, -0.25) is 9.52 Å². The van der Waals surface area contributed by atoms with Crippen molar-refractivity contribution in [1.82, 2.24) is 5.32 Å². The first-order chi connectivity index (χ1) is 11.7. The predicted octanol–water partition coefficient (Wildman–Crippen LogP) is 3.63. The van der Waals surface area contributed by atoms with E-state index in [-0.39, 0.29) is 16.8 Å². The molecule has 0 unspecified atom stereocenters. The molecule has 2 aromatic carbocycles. The summed E-state index contributed by atoms with van der Waals surface area (Å²) in [4.78, 5) is 12.4. The van der Waals surface area contributed by atoms with Gasteiger partial charge in [0.2, 0.25) is 0 Å². The number of sulfonamides is 1. The molecule has 1 atom stereocenters. The normalized spacial score (nSPS) is 12.5. The smallest absolute Gasteiger partial charge is 0.261 e. The summed E-state index contributed by atoms with van der Waals surface area (Å²) in [6.07, 6.45) is 0.846. The Labute approximate surface area is 149 Å². The lowest BCUT2D eigenvalue weighted by Crippen LogP contribution is -2.31. The third-order valence-corrected chi connectivity index (χ3v) is 5.44. The van der Waals surface area contributed by atoms with Crippen molar-refractivity contribution in [1.29, 1.82) is 0 Å². The molecule has 2 rings (SSSR count). The van der Waals surface area contributed by atoms with E-state index in [4.69, 9.17) is 0 Å². The highest BCUT2D eigenvalue weighted by molar-refractivity contribution is 7.92. The molecule has 1 amide bonds. The minimum absolute atomic E-state index is 0.0903. The predicted molar refractivity (Wildman–Crippen MR) is 100 cm³/mol. The zero-order valence-electron chi connectivity index (χ0n) is 15.0. The van der Waals surface area contributed by atoms with Crippen LogP contribution in [0.3, 0.4) is 0 Å². The van der Waals surface area contributed by atoms with Crippen LogP contribution in [-0.4, -0.2) is 20.4 Å². The second kappa shape index (κ2) is 7.70. The van der Waals surface area contributed by atoms with Crippen molar-refractivity contribution in [2.75, 3.05) is 4.72 Å². The molecule has 0 heterocycles. The minimum atomic E-state index is -3.66. The van der Waals surface area contributed by atoms with E-state index < -0.39 is 10.0 Å². The summed E-state index contributed by atoms with van der Waals surface area (Å²) in [5, 5.41) is 2.89. The van der Waals surface area contributed by atoms with Gasteiger partial charge in [0, 0.05) is 11.6 Å². The summed E-state index contributed by atoms with van der Waals surface area (Å²) >= 11 is 0. The summed E-state index contributed by atoms with van der Waals surface area (Å²) < 4.78 is 27.5. The number of nitrogens with one attached hydrogen (secondary N) is 2. The van der Waals surface area contributed by atoms with Gasteiger partial charge < -0.3 is 5.32 Å². The lowest BCUT2D eigenvalue weighted by atomic mass is 10.1. The van der Waals surface area contributed by atoms with Crippen molar-refractivity contribution >= 4 is 21.6 Å². The molecule has 0 aliphatic heterocycles. The van der Waals surface area contributed by atoms with Crippen LogP contribution < -0.4 is 10.0 Å². The van der Waals surface area contributed by atoms with Crippen LogP contribution in [0, 0.1) is 13.8 Å². The topological polar surface area (TPSA) is 75.3 Å². The maximum absolute atomic E-state index is 12.5. The Kier molecular flexibility index (Phi) is 5.85. The number of benzene rings is 2. The Hall–Kier alpha value is -2.34. The monoisotopic (exact) mass is 360 g/mol. The zero-order chi connectivity index (χ0) is 18.6. The van der Waals surface area contributed by atoms with Crippen LogP contribution in [0.2, 0.25) is 0 Å². The van der Waals surface area contributed by atoms with Crippen molar-refractivity contribution < 1.29 is 13.2 Å². The number of hydrogen-bond donors (Lipinski definition) is 2. The first-order valence-electron chi connectivity index (χ1n) is 8.24. The Bertz CT molecular complexity index is 859. The van der Waals surface area contributed by atoms with E-state index in [0.29, 0.717) is 16.8 Å². The molecule has 6 heteroatoms. The zero-order valence-corrected chi connectivity index (χ0v) is 15.8. The maximum atomic E-state index is 12.5. The second-order valence-corrected chi connectivity index (χ2v) is 7.91. The molecule has 2 N–H and O–H groups in total. The van der Waals surface area contributed by atoms with Crippen molar-refractivity contribution in [3.63, 3.8) is 0 Å². The molecule has 25 heavy (non-hydrogen) atoms. The molecule has 0 bridgehead atoms. The summed E-state index contributed by atoms with van der Waals surface area (Å²) in [5.74, 6) is -0.162. The van der Waals surface area contributed by atoms with Crippen LogP contribution in [0.15, 0.2) is 47.4 Å². The Morgan fingerprint density at radius 1 is 1.08 bits per heavy atom. The van der Waals surface area contributed by atoms with E-state index in [1.807, 2.05) is 20.8 Å². The first-order valence-corrected chi connectivity index (χ1v) is 9.72. The molecule has 0 aliphatic rings. The van der Waals surface area contributed by atoms with Crippen LogP contribution in [0.1, 0.15) is 41.8 Å². The van der Waals surface area contributed by atoms with Gasteiger partial charge in [-0.15, -0.1) is 0 Å². The van der Waals surface area contributed by atoms with Gasteiger partial charge in [-0.1, -0.05) is 24.6 Å². The van der Waals surface area contributed by atoms with E-state index in [2.05, 4.69) is 10.0 Å². The van der Waals surface area contributed by atoms with Gasteiger partial charge >= 0.3 is 0 Å². The van der Waals surface area contributed by atoms with Crippen LogP contribution in [0.4, 0.5) is 5.69 Å². The molecule has 0 aliphatic carbocycles. The second-order valence-electron chi connectivity index (χ2n) is 6.23. The molecular formula is C19H24N2O3S. The third kappa shape index (κ3) is 4.82. The van der Waals surface area contributed by atoms with E-state index in [1.165, 1.54) is 0 Å². The molecule has 134 valence electrons. The van der Waals surface area contributed by atoms with Crippen LogP contribution in [0.25, 0.3) is 0 Å². The first kappa shape index (κ1) is 19.0. The average Bonchev–Trinajstić information content (AvgIpc) is 2.56. The van der Waals surface area contributed by atoms with Crippen molar-refractivity contribution in [2.45, 2.75) is 45.1 Å². The molecule has 0 saturated carbocycles. The quantitative estimate of drug-likeness (QED) is 0.826. The summed E-state index contributed by atoms with van der Waals surface area (Å²) in [7, 11) is -3.66. The van der Waals surface area contributed by atoms with Gasteiger partial charge in [-0.05, 0) is 63.1 Å². The Morgan fingerprint density at radius 2 is 1.72 bits per heavy atom. The molecule has 0 saturated heterocycles. The van der Waals surface area contributed by atoms with Crippen molar-refractivity contribution in [3.8, 4) is 0 Å². The van der Waals surface area contributed by atoms with Crippen molar-refractivity contribution in [3.05, 3.63) is 59.2 Å². The summed E-state index contributed by atoms with van der Waals surface area (Å²) in [6, 6.07) is 11.7. The fourth-order valence-electron chi connectivity index (χ4n) is 2.25. The minimum Gasteiger partial charge on any atom is -0.350 e. The molecule has 0 aromatic heterocycles.